The van der Waals surface area contributed by atoms with Gasteiger partial charge in [-0.25, -0.2) is 4.98 Å². The van der Waals surface area contributed by atoms with Gasteiger partial charge < -0.3 is 15.2 Å². The fourth-order valence-electron chi connectivity index (χ4n) is 3.74. The largest absolute Gasteiger partial charge is 0.495 e. The third kappa shape index (κ3) is 6.02. The number of rotatable bonds is 11. The van der Waals surface area contributed by atoms with Gasteiger partial charge in [0.2, 0.25) is 0 Å². The molecule has 3 rings (SSSR count). The molecule has 2 aromatic rings. The summed E-state index contributed by atoms with van der Waals surface area (Å²) in [6.07, 6.45) is 8.76. The summed E-state index contributed by atoms with van der Waals surface area (Å²) in [4.78, 5) is 32.6. The average Bonchev–Trinajstić information content (AvgIpc) is 2.76. The topological polar surface area (TPSA) is 101 Å². The van der Waals surface area contributed by atoms with Gasteiger partial charge in [-0.15, -0.1) is 0 Å². The molecule has 0 unspecified atom stereocenters. The molecule has 0 aromatic carbocycles. The van der Waals surface area contributed by atoms with Gasteiger partial charge in [-0.2, -0.15) is 0 Å². The summed E-state index contributed by atoms with van der Waals surface area (Å²) < 4.78 is 5.11. The summed E-state index contributed by atoms with van der Waals surface area (Å²) >= 11 is 0. The number of unbranched alkanes of at least 4 members (excludes halogenated alkanes) is 1. The van der Waals surface area contributed by atoms with Gasteiger partial charge in [0.05, 0.1) is 19.2 Å². The zero-order valence-corrected chi connectivity index (χ0v) is 17.4. The molecule has 160 valence electrons. The number of fused-ring (bicyclic) bond motifs is 1. The first-order valence-electron chi connectivity index (χ1n) is 10.5. The standard InChI is InChI=1S/C23H29N3O4/c1-30-20-13-17(14-24-15-20)21(23(28)29)11-10-19(27)7-3-2-6-18-9-8-16-5-4-12-25-22(16)26-18/h8-9,13-15,21H,2-7,10-12H2,1H3,(H,25,26)(H,28,29)/t21-/m1/s1. The lowest BCUT2D eigenvalue weighted by atomic mass is 9.93. The quantitative estimate of drug-likeness (QED) is 0.543. The van der Waals surface area contributed by atoms with Crippen LogP contribution >= 0.6 is 0 Å². The Morgan fingerprint density at radius 1 is 1.23 bits per heavy atom. The molecule has 2 aromatic heterocycles. The normalized spacial score (nSPS) is 13.8. The van der Waals surface area contributed by atoms with Crippen LogP contribution in [0.2, 0.25) is 0 Å². The Morgan fingerprint density at radius 2 is 2.10 bits per heavy atom. The molecule has 3 heterocycles. The number of ether oxygens (including phenoxy) is 1. The first-order valence-corrected chi connectivity index (χ1v) is 10.5. The highest BCUT2D eigenvalue weighted by atomic mass is 16.5. The number of aliphatic carboxylic acids is 1. The van der Waals surface area contributed by atoms with Crippen LogP contribution in [-0.4, -0.2) is 40.5 Å². The van der Waals surface area contributed by atoms with Crippen LogP contribution in [0, 0.1) is 0 Å². The van der Waals surface area contributed by atoms with Gasteiger partial charge in [-0.1, -0.05) is 6.07 Å². The van der Waals surface area contributed by atoms with E-state index >= 15 is 0 Å². The number of pyridine rings is 2. The predicted molar refractivity (Wildman–Crippen MR) is 114 cm³/mol. The fourth-order valence-corrected chi connectivity index (χ4v) is 3.74. The molecule has 0 radical (unpaired) electrons. The monoisotopic (exact) mass is 411 g/mol. The van der Waals surface area contributed by atoms with E-state index in [1.54, 1.807) is 6.07 Å². The zero-order chi connectivity index (χ0) is 21.3. The Kier molecular flexibility index (Phi) is 7.76. The number of aromatic nitrogens is 2. The van der Waals surface area contributed by atoms with Crippen molar-refractivity contribution in [2.75, 3.05) is 19.0 Å². The van der Waals surface area contributed by atoms with Crippen molar-refractivity contribution in [3.63, 3.8) is 0 Å². The van der Waals surface area contributed by atoms with Crippen molar-refractivity contribution < 1.29 is 19.4 Å². The highest BCUT2D eigenvalue weighted by Gasteiger charge is 2.22. The smallest absolute Gasteiger partial charge is 0.311 e. The highest BCUT2D eigenvalue weighted by Crippen LogP contribution is 2.25. The van der Waals surface area contributed by atoms with Crippen molar-refractivity contribution in [1.82, 2.24) is 9.97 Å². The Hall–Kier alpha value is -2.96. The fraction of sp³-hybridized carbons (Fsp3) is 0.478. The summed E-state index contributed by atoms with van der Waals surface area (Å²) in [5, 5.41) is 12.9. The number of carbonyl (C=O) groups is 2. The van der Waals surface area contributed by atoms with Crippen molar-refractivity contribution in [1.29, 1.82) is 0 Å². The third-order valence-corrected chi connectivity index (χ3v) is 5.47. The minimum absolute atomic E-state index is 0.0946. The Morgan fingerprint density at radius 3 is 2.90 bits per heavy atom. The number of ketones is 1. The Labute approximate surface area is 176 Å². The molecule has 30 heavy (non-hydrogen) atoms. The second-order valence-corrected chi connectivity index (χ2v) is 7.67. The van der Waals surface area contributed by atoms with Crippen LogP contribution in [0.4, 0.5) is 5.82 Å². The van der Waals surface area contributed by atoms with Crippen LogP contribution in [0.15, 0.2) is 30.6 Å². The Bertz CT molecular complexity index is 885. The summed E-state index contributed by atoms with van der Waals surface area (Å²) in [5.41, 5.74) is 2.88. The molecule has 1 aliphatic heterocycles. The van der Waals surface area contributed by atoms with E-state index in [0.717, 1.165) is 50.2 Å². The second-order valence-electron chi connectivity index (χ2n) is 7.67. The zero-order valence-electron chi connectivity index (χ0n) is 17.4. The summed E-state index contributed by atoms with van der Waals surface area (Å²) in [6, 6.07) is 5.89. The number of hydrogen-bond donors (Lipinski definition) is 2. The number of methoxy groups -OCH3 is 1. The maximum Gasteiger partial charge on any atom is 0.311 e. The lowest BCUT2D eigenvalue weighted by Gasteiger charge is -2.17. The molecular weight excluding hydrogens is 382 g/mol. The lowest BCUT2D eigenvalue weighted by molar-refractivity contribution is -0.139. The van der Waals surface area contributed by atoms with Gasteiger partial charge >= 0.3 is 5.97 Å². The predicted octanol–water partition coefficient (Wildman–Crippen LogP) is 3.77. The van der Waals surface area contributed by atoms with Crippen molar-refractivity contribution in [3.8, 4) is 5.75 Å². The van der Waals surface area contributed by atoms with Gasteiger partial charge in [0, 0.05) is 31.3 Å². The van der Waals surface area contributed by atoms with Crippen molar-refractivity contribution in [2.45, 2.75) is 57.3 Å². The van der Waals surface area contributed by atoms with Gasteiger partial charge in [0.1, 0.15) is 17.4 Å². The molecule has 1 atom stereocenters. The van der Waals surface area contributed by atoms with Gasteiger partial charge in [0.15, 0.2) is 0 Å². The van der Waals surface area contributed by atoms with Crippen LogP contribution in [0.25, 0.3) is 0 Å². The first kappa shape index (κ1) is 21.7. The van der Waals surface area contributed by atoms with E-state index in [4.69, 9.17) is 4.74 Å². The average molecular weight is 412 g/mol. The van der Waals surface area contributed by atoms with E-state index < -0.39 is 11.9 Å². The summed E-state index contributed by atoms with van der Waals surface area (Å²) in [7, 11) is 1.51. The number of aryl methyl sites for hydroxylation is 2. The number of carboxylic acid groups (broad SMARTS) is 1. The molecule has 0 fully saturated rings. The van der Waals surface area contributed by atoms with E-state index in [9.17, 15) is 14.7 Å². The summed E-state index contributed by atoms with van der Waals surface area (Å²) in [6.45, 7) is 0.973. The van der Waals surface area contributed by atoms with Crippen LogP contribution in [0.1, 0.15) is 61.3 Å². The van der Waals surface area contributed by atoms with Crippen LogP contribution < -0.4 is 10.1 Å². The Balaban J connectivity index is 1.42. The van der Waals surface area contributed by atoms with E-state index in [0.29, 0.717) is 17.7 Å². The minimum Gasteiger partial charge on any atom is -0.495 e. The number of nitrogens with one attached hydrogen (secondary N) is 1. The maximum absolute atomic E-state index is 12.3. The molecule has 0 aliphatic carbocycles. The van der Waals surface area contributed by atoms with Gasteiger partial charge in [0.25, 0.3) is 0 Å². The highest BCUT2D eigenvalue weighted by molar-refractivity contribution is 5.81. The van der Waals surface area contributed by atoms with Gasteiger partial charge in [-0.3, -0.25) is 14.6 Å². The first-order chi connectivity index (χ1) is 14.6. The number of hydrogen-bond acceptors (Lipinski definition) is 6. The maximum atomic E-state index is 12.3. The molecule has 0 saturated carbocycles. The van der Waals surface area contributed by atoms with E-state index in [-0.39, 0.29) is 18.6 Å². The SMILES string of the molecule is COc1cncc([C@@H](CCC(=O)CCCCc2ccc3c(n2)NCCC3)C(=O)O)c1. The van der Waals surface area contributed by atoms with Crippen molar-refractivity contribution >= 4 is 17.6 Å². The lowest BCUT2D eigenvalue weighted by Crippen LogP contribution is -2.14. The van der Waals surface area contributed by atoms with E-state index in [2.05, 4.69) is 27.4 Å². The minimum atomic E-state index is -0.954. The molecule has 2 N–H and O–H groups in total. The van der Waals surface area contributed by atoms with Crippen LogP contribution in [0.3, 0.4) is 0 Å². The molecule has 0 saturated heterocycles. The third-order valence-electron chi connectivity index (χ3n) is 5.47. The number of anilines is 1. The molecule has 0 spiro atoms. The van der Waals surface area contributed by atoms with Crippen molar-refractivity contribution in [3.05, 3.63) is 47.4 Å². The molecule has 1 aliphatic rings. The van der Waals surface area contributed by atoms with E-state index in [1.807, 2.05) is 0 Å². The van der Waals surface area contributed by atoms with Crippen molar-refractivity contribution in [2.24, 2.45) is 0 Å². The molecule has 7 nitrogen and oxygen atoms in total. The number of nitrogens with zero attached hydrogens (tertiary/aromatic N) is 2. The number of Topliss-reactive ketones (excluding diaryl/α,β-unsaturated/α-hetero) is 1. The molecule has 0 bridgehead atoms. The second kappa shape index (κ2) is 10.7. The van der Waals surface area contributed by atoms with Crippen LogP contribution in [0.5, 0.6) is 5.75 Å². The number of carboxylic acids is 1. The summed E-state index contributed by atoms with van der Waals surface area (Å²) in [5.74, 6) is -0.108. The molecule has 7 heteroatoms. The molecule has 0 amide bonds. The number of carbonyl (C=O) groups excluding carboxylic acids is 1. The van der Waals surface area contributed by atoms with Crippen LogP contribution in [-0.2, 0) is 22.4 Å². The van der Waals surface area contributed by atoms with E-state index in [1.165, 1.54) is 25.1 Å². The molecular formula is C23H29N3O4. The van der Waals surface area contributed by atoms with Gasteiger partial charge in [-0.05, 0) is 61.8 Å².